The minimum absolute atomic E-state index is 0.541. The average molecular weight is 933 g/mol. The molecular weight excluding hydrogens is 876 g/mol. The van der Waals surface area contributed by atoms with Gasteiger partial charge in [0.05, 0.1) is 26.4 Å². The maximum Gasteiger partial charge on any atom is 0.414 e. The highest BCUT2D eigenvalue weighted by atomic mass is 16.5. The van der Waals surface area contributed by atoms with Gasteiger partial charge in [-0.3, -0.25) is 9.80 Å². The number of nitrogens with zero attached hydrogens (tertiary/aromatic N) is 4. The molecule has 0 amide bonds. The number of hydrogen-bond acceptors (Lipinski definition) is 16. The number of oxime groups is 2. The molecule has 0 saturated carbocycles. The van der Waals surface area contributed by atoms with Crippen LogP contribution in [0.25, 0.3) is 21.9 Å². The summed E-state index contributed by atoms with van der Waals surface area (Å²) in [6.45, 7) is 14.5. The third-order valence-corrected chi connectivity index (χ3v) is 9.41. The highest BCUT2D eigenvalue weighted by molar-refractivity contribution is 6.28. The summed E-state index contributed by atoms with van der Waals surface area (Å²) in [4.78, 5) is 59.3. The molecule has 4 heterocycles. The van der Waals surface area contributed by atoms with Gasteiger partial charge >= 0.3 is 35.8 Å². The van der Waals surface area contributed by atoms with Gasteiger partial charge in [-0.05, 0) is 12.1 Å². The lowest BCUT2D eigenvalue weighted by Crippen LogP contribution is -2.41. The van der Waals surface area contributed by atoms with Crippen molar-refractivity contribution in [2.45, 2.75) is 39.5 Å². The summed E-state index contributed by atoms with van der Waals surface area (Å²) >= 11 is 0. The maximum absolute atomic E-state index is 9.36. The van der Waals surface area contributed by atoms with Crippen molar-refractivity contribution >= 4 is 69.4 Å². The van der Waals surface area contributed by atoms with Crippen LogP contribution in [0.15, 0.2) is 67.7 Å². The topological polar surface area (TPSA) is 364 Å². The van der Waals surface area contributed by atoms with E-state index in [1.54, 1.807) is 0 Å². The van der Waals surface area contributed by atoms with Crippen LogP contribution < -0.4 is 10.6 Å². The molecular formula is C42H56N6O18. The lowest BCUT2D eigenvalue weighted by atomic mass is 10.1. The molecule has 10 N–H and O–H groups in total. The van der Waals surface area contributed by atoms with E-state index in [0.717, 1.165) is 136 Å². The van der Waals surface area contributed by atoms with E-state index >= 15 is 0 Å². The van der Waals surface area contributed by atoms with Crippen LogP contribution in [0, 0.1) is 0 Å². The number of nitrogens with one attached hydrogen (secondary N) is 2. The van der Waals surface area contributed by atoms with Crippen LogP contribution in [0.1, 0.15) is 36.5 Å². The Labute approximate surface area is 377 Å². The van der Waals surface area contributed by atoms with Crippen LogP contribution in [0.2, 0.25) is 0 Å². The fourth-order valence-electron chi connectivity index (χ4n) is 6.23. The Morgan fingerprint density at radius 2 is 0.833 bits per heavy atom. The third-order valence-electron chi connectivity index (χ3n) is 9.41. The number of fused-ring (bicyclic) bond motifs is 2. The lowest BCUT2D eigenvalue weighted by molar-refractivity contribution is -0.159. The van der Waals surface area contributed by atoms with Gasteiger partial charge < -0.3 is 70.0 Å². The molecule has 0 spiro atoms. The van der Waals surface area contributed by atoms with Gasteiger partial charge in [-0.25, -0.2) is 28.8 Å². The predicted octanol–water partition coefficient (Wildman–Crippen LogP) is 1.96. The van der Waals surface area contributed by atoms with Crippen molar-refractivity contribution in [2.75, 3.05) is 78.8 Å². The van der Waals surface area contributed by atoms with E-state index in [0.29, 0.717) is 24.5 Å². The van der Waals surface area contributed by atoms with Crippen molar-refractivity contribution in [2.24, 2.45) is 10.3 Å². The SMILES string of the molecule is CCc1oc2ccccc2c1CC(=NO)NCCN1CCOCC1.CCc1oc2ccccc2c1CC(=NO)NCCN1CCOCC1.O=C(O)C(=O)O.O=C(O)C(=O)O.O=C(O)C(=O)O. The summed E-state index contributed by atoms with van der Waals surface area (Å²) < 4.78 is 22.5. The monoisotopic (exact) mass is 932 g/mol. The number of carboxylic acids is 6. The summed E-state index contributed by atoms with van der Waals surface area (Å²) in [6, 6.07) is 16.0. The maximum atomic E-state index is 9.36. The number of para-hydroxylation sites is 2. The first-order valence-electron chi connectivity index (χ1n) is 20.4. The van der Waals surface area contributed by atoms with E-state index in [1.807, 2.05) is 36.4 Å². The molecule has 0 atom stereocenters. The molecule has 2 aromatic heterocycles. The fraction of sp³-hybridized carbons (Fsp3) is 0.429. The number of aliphatic carboxylic acids is 6. The smallest absolute Gasteiger partial charge is 0.414 e. The number of hydrogen-bond donors (Lipinski definition) is 10. The molecule has 4 aromatic rings. The second-order valence-electron chi connectivity index (χ2n) is 13.7. The third kappa shape index (κ3) is 19.6. The van der Waals surface area contributed by atoms with Gasteiger partial charge in [-0.1, -0.05) is 60.6 Å². The van der Waals surface area contributed by atoms with Gasteiger partial charge in [0.25, 0.3) is 0 Å². The number of ether oxygens (including phenoxy) is 2. The first-order chi connectivity index (χ1) is 31.6. The predicted molar refractivity (Wildman–Crippen MR) is 233 cm³/mol. The zero-order valence-corrected chi connectivity index (χ0v) is 36.4. The number of aryl methyl sites for hydroxylation is 2. The van der Waals surface area contributed by atoms with E-state index in [2.05, 4.69) is 56.7 Å². The van der Waals surface area contributed by atoms with Crippen LogP contribution in [-0.2, 0) is 63.9 Å². The fourth-order valence-corrected chi connectivity index (χ4v) is 6.23. The molecule has 24 heteroatoms. The van der Waals surface area contributed by atoms with Crippen molar-refractivity contribution < 1.29 is 88.1 Å². The molecule has 2 aliphatic rings. The number of carboxylic acid groups (broad SMARTS) is 6. The van der Waals surface area contributed by atoms with Crippen LogP contribution in [0.3, 0.4) is 0 Å². The Balaban J connectivity index is 0.000000332. The Kier molecular flexibility index (Phi) is 24.9. The van der Waals surface area contributed by atoms with Crippen molar-refractivity contribution in [1.29, 1.82) is 0 Å². The van der Waals surface area contributed by atoms with Crippen LogP contribution in [-0.4, -0.2) is 177 Å². The number of carbonyl (C=O) groups is 6. The highest BCUT2D eigenvalue weighted by Crippen LogP contribution is 2.28. The van der Waals surface area contributed by atoms with E-state index in [9.17, 15) is 10.4 Å². The van der Waals surface area contributed by atoms with E-state index in [4.69, 9.17) is 77.7 Å². The molecule has 6 rings (SSSR count). The molecule has 2 aliphatic heterocycles. The minimum atomic E-state index is -1.82. The summed E-state index contributed by atoms with van der Waals surface area (Å²) in [5.41, 5.74) is 3.96. The Bertz CT molecular complexity index is 2030. The van der Waals surface area contributed by atoms with Gasteiger partial charge in [0.15, 0.2) is 0 Å². The molecule has 2 saturated heterocycles. The van der Waals surface area contributed by atoms with Crippen LogP contribution >= 0.6 is 0 Å². The number of rotatable bonds is 12. The van der Waals surface area contributed by atoms with Crippen molar-refractivity contribution in [1.82, 2.24) is 20.4 Å². The number of benzene rings is 2. The highest BCUT2D eigenvalue weighted by Gasteiger charge is 2.18. The quantitative estimate of drug-likeness (QED) is 0.0319. The average Bonchev–Trinajstić information content (AvgIpc) is 3.86. The number of morpholine rings is 2. The molecule has 66 heavy (non-hydrogen) atoms. The van der Waals surface area contributed by atoms with E-state index < -0.39 is 35.8 Å². The van der Waals surface area contributed by atoms with Crippen molar-refractivity contribution in [3.05, 3.63) is 71.2 Å². The second kappa shape index (κ2) is 30.0. The van der Waals surface area contributed by atoms with Crippen LogP contribution in [0.5, 0.6) is 0 Å². The Morgan fingerprint density at radius 1 is 0.530 bits per heavy atom. The summed E-state index contributed by atoms with van der Waals surface area (Å²) in [7, 11) is 0. The standard InChI is InChI=1S/2C18H25N3O3.3C2H2O4/c2*1-2-16-15(14-5-3-4-6-17(14)24-16)13-18(20-22)19-7-8-21-9-11-23-12-10-21;3*3-1(4)2(5)6/h2*3-6,22H,2,7-13H2,1H3,(H,19,20);3*(H,3,4)(H,5,6). The van der Waals surface area contributed by atoms with Gasteiger partial charge in [-0.2, -0.15) is 0 Å². The van der Waals surface area contributed by atoms with Crippen LogP contribution in [0.4, 0.5) is 0 Å². The normalized spacial score (nSPS) is 14.1. The summed E-state index contributed by atoms with van der Waals surface area (Å²) in [6.07, 6.45) is 2.71. The van der Waals surface area contributed by atoms with Gasteiger partial charge in [0.1, 0.15) is 34.4 Å². The first kappa shape index (κ1) is 54.9. The first-order valence-corrected chi connectivity index (χ1v) is 20.4. The molecule has 2 aromatic carbocycles. The van der Waals surface area contributed by atoms with Gasteiger partial charge in [-0.15, -0.1) is 0 Å². The lowest BCUT2D eigenvalue weighted by Gasteiger charge is -2.26. The zero-order chi connectivity index (χ0) is 49.0. The zero-order valence-electron chi connectivity index (χ0n) is 36.4. The summed E-state index contributed by atoms with van der Waals surface area (Å²) in [5.74, 6) is -7.89. The largest absolute Gasteiger partial charge is 0.473 e. The Hall–Kier alpha value is -7.28. The van der Waals surface area contributed by atoms with E-state index in [-0.39, 0.29) is 0 Å². The molecule has 0 aliphatic carbocycles. The second-order valence-corrected chi connectivity index (χ2v) is 13.7. The van der Waals surface area contributed by atoms with Gasteiger partial charge in [0, 0.05) is 99.9 Å². The summed E-state index contributed by atoms with van der Waals surface area (Å²) in [5, 5.41) is 78.6. The molecule has 0 radical (unpaired) electrons. The van der Waals surface area contributed by atoms with Crippen molar-refractivity contribution in [3.63, 3.8) is 0 Å². The molecule has 24 nitrogen and oxygen atoms in total. The number of amidine groups is 2. The van der Waals surface area contributed by atoms with Gasteiger partial charge in [0.2, 0.25) is 0 Å². The molecule has 362 valence electrons. The van der Waals surface area contributed by atoms with Crippen molar-refractivity contribution in [3.8, 4) is 0 Å². The molecule has 2 fully saturated rings. The minimum Gasteiger partial charge on any atom is -0.473 e. The number of furan rings is 2. The molecule has 0 unspecified atom stereocenters. The molecule has 0 bridgehead atoms. The van der Waals surface area contributed by atoms with E-state index in [1.165, 1.54) is 0 Å². The Morgan fingerprint density at radius 3 is 1.11 bits per heavy atom.